The maximum atomic E-state index is 12.0. The molecule has 90 valence electrons. The van der Waals surface area contributed by atoms with Crippen molar-refractivity contribution in [2.75, 3.05) is 5.32 Å². The van der Waals surface area contributed by atoms with Crippen LogP contribution in [0.2, 0.25) is 0 Å². The van der Waals surface area contributed by atoms with E-state index in [1.54, 1.807) is 0 Å². The van der Waals surface area contributed by atoms with Crippen molar-refractivity contribution < 1.29 is 4.79 Å². The smallest absolute Gasteiger partial charge is 0.227 e. The van der Waals surface area contributed by atoms with Gasteiger partial charge in [-0.15, -0.1) is 0 Å². The molecule has 2 rings (SSSR count). The molecule has 1 aromatic rings. The Bertz CT molecular complexity index is 405. The van der Waals surface area contributed by atoms with Crippen molar-refractivity contribution in [2.24, 2.45) is 5.92 Å². The zero-order valence-electron chi connectivity index (χ0n) is 10.3. The van der Waals surface area contributed by atoms with E-state index in [0.717, 1.165) is 31.4 Å². The number of amides is 1. The van der Waals surface area contributed by atoms with Crippen LogP contribution in [0.25, 0.3) is 0 Å². The second-order valence-electron chi connectivity index (χ2n) is 4.52. The summed E-state index contributed by atoms with van der Waals surface area (Å²) < 4.78 is 0. The molecule has 0 fully saturated rings. The van der Waals surface area contributed by atoms with Crippen molar-refractivity contribution in [2.45, 2.75) is 32.6 Å². The van der Waals surface area contributed by atoms with E-state index in [2.05, 4.69) is 36.5 Å². The Kier molecular flexibility index (Phi) is 3.97. The molecule has 1 N–H and O–H groups in total. The van der Waals surface area contributed by atoms with Crippen LogP contribution < -0.4 is 5.32 Å². The molecule has 0 unspecified atom stereocenters. The fourth-order valence-electron chi connectivity index (χ4n) is 2.10. The van der Waals surface area contributed by atoms with Gasteiger partial charge in [-0.25, -0.2) is 0 Å². The van der Waals surface area contributed by atoms with E-state index in [0.29, 0.717) is 0 Å². The number of rotatable bonds is 3. The summed E-state index contributed by atoms with van der Waals surface area (Å²) in [6, 6.07) is 8.09. The predicted octanol–water partition coefficient (Wildman–Crippen LogP) is 3.54. The fourth-order valence-corrected chi connectivity index (χ4v) is 2.10. The van der Waals surface area contributed by atoms with E-state index in [1.807, 2.05) is 12.1 Å². The second kappa shape index (κ2) is 5.67. The van der Waals surface area contributed by atoms with Crippen molar-refractivity contribution in [1.82, 2.24) is 0 Å². The van der Waals surface area contributed by atoms with Gasteiger partial charge in [-0.1, -0.05) is 31.2 Å². The van der Waals surface area contributed by atoms with Crippen LogP contribution in [0, 0.1) is 5.92 Å². The average molecular weight is 229 g/mol. The maximum Gasteiger partial charge on any atom is 0.227 e. The molecule has 0 aromatic heterocycles. The lowest BCUT2D eigenvalue weighted by molar-refractivity contribution is -0.120. The molecular weight excluding hydrogens is 210 g/mol. The molecule has 1 atom stereocenters. The molecule has 0 saturated carbocycles. The highest BCUT2D eigenvalue weighted by Gasteiger charge is 2.18. The van der Waals surface area contributed by atoms with E-state index in [9.17, 15) is 4.79 Å². The van der Waals surface area contributed by atoms with E-state index < -0.39 is 0 Å². The number of carbonyl (C=O) groups is 1. The molecular formula is C15H19NO. The highest BCUT2D eigenvalue weighted by atomic mass is 16.1. The van der Waals surface area contributed by atoms with Crippen LogP contribution >= 0.6 is 0 Å². The minimum absolute atomic E-state index is 0.144. The third-order valence-corrected chi connectivity index (χ3v) is 3.27. The Labute approximate surface area is 103 Å². The SMILES string of the molecule is CCc1ccc(NC(=O)[C@@H]2CC=CCC2)cc1. The molecule has 2 nitrogen and oxygen atoms in total. The van der Waals surface area contributed by atoms with Crippen LogP contribution in [0.3, 0.4) is 0 Å². The van der Waals surface area contributed by atoms with Crippen LogP contribution in [0.1, 0.15) is 31.7 Å². The first-order valence-corrected chi connectivity index (χ1v) is 6.34. The zero-order valence-corrected chi connectivity index (χ0v) is 10.3. The standard InChI is InChI=1S/C15H19NO/c1-2-12-8-10-14(11-9-12)16-15(17)13-6-4-3-5-7-13/h3-4,8-11,13H,2,5-7H2,1H3,(H,16,17)/t13-/m1/s1. The van der Waals surface area contributed by atoms with Crippen LogP contribution in [0.4, 0.5) is 5.69 Å². The first-order chi connectivity index (χ1) is 8.29. The van der Waals surface area contributed by atoms with Crippen molar-refractivity contribution in [3.63, 3.8) is 0 Å². The van der Waals surface area contributed by atoms with Gasteiger partial charge in [0.05, 0.1) is 0 Å². The number of carbonyl (C=O) groups excluding carboxylic acids is 1. The van der Waals surface area contributed by atoms with Gasteiger partial charge in [-0.05, 0) is 43.4 Å². The lowest BCUT2D eigenvalue weighted by Gasteiger charge is -2.17. The zero-order chi connectivity index (χ0) is 12.1. The summed E-state index contributed by atoms with van der Waals surface area (Å²) in [6.45, 7) is 2.13. The van der Waals surface area contributed by atoms with Crippen LogP contribution in [-0.4, -0.2) is 5.91 Å². The van der Waals surface area contributed by atoms with Crippen LogP contribution in [0.5, 0.6) is 0 Å². The number of nitrogens with one attached hydrogen (secondary N) is 1. The third kappa shape index (κ3) is 3.19. The van der Waals surface area contributed by atoms with Gasteiger partial charge in [0.2, 0.25) is 5.91 Å². The second-order valence-corrected chi connectivity index (χ2v) is 4.52. The lowest BCUT2D eigenvalue weighted by atomic mass is 9.93. The molecule has 1 aliphatic rings. The van der Waals surface area contributed by atoms with Gasteiger partial charge in [0.25, 0.3) is 0 Å². The molecule has 0 bridgehead atoms. The monoisotopic (exact) mass is 229 g/mol. The quantitative estimate of drug-likeness (QED) is 0.789. The van der Waals surface area contributed by atoms with Gasteiger partial charge in [-0.3, -0.25) is 4.79 Å². The Hall–Kier alpha value is -1.57. The van der Waals surface area contributed by atoms with Gasteiger partial charge in [0, 0.05) is 11.6 Å². The molecule has 0 heterocycles. The van der Waals surface area contributed by atoms with Gasteiger partial charge < -0.3 is 5.32 Å². The average Bonchev–Trinajstić information content (AvgIpc) is 2.40. The lowest BCUT2D eigenvalue weighted by Crippen LogP contribution is -2.23. The van der Waals surface area contributed by atoms with Crippen LogP contribution in [-0.2, 0) is 11.2 Å². The number of allylic oxidation sites excluding steroid dienone is 2. The van der Waals surface area contributed by atoms with Gasteiger partial charge in [0.15, 0.2) is 0 Å². The first-order valence-electron chi connectivity index (χ1n) is 6.34. The summed E-state index contributed by atoms with van der Waals surface area (Å²) in [5.41, 5.74) is 2.20. The molecule has 0 radical (unpaired) electrons. The van der Waals surface area contributed by atoms with Gasteiger partial charge >= 0.3 is 0 Å². The number of benzene rings is 1. The molecule has 1 amide bonds. The molecule has 0 saturated heterocycles. The topological polar surface area (TPSA) is 29.1 Å². The number of anilines is 1. The summed E-state index contributed by atoms with van der Waals surface area (Å²) in [6.07, 6.45) is 8.15. The fraction of sp³-hybridized carbons (Fsp3) is 0.400. The normalized spacial score (nSPS) is 19.0. The molecule has 17 heavy (non-hydrogen) atoms. The highest BCUT2D eigenvalue weighted by Crippen LogP contribution is 2.20. The summed E-state index contributed by atoms with van der Waals surface area (Å²) in [7, 11) is 0. The first kappa shape index (κ1) is 11.9. The molecule has 0 aliphatic heterocycles. The van der Waals surface area contributed by atoms with E-state index in [4.69, 9.17) is 0 Å². The van der Waals surface area contributed by atoms with Crippen molar-refractivity contribution in [1.29, 1.82) is 0 Å². The molecule has 1 aliphatic carbocycles. The number of hydrogen-bond donors (Lipinski definition) is 1. The number of aryl methyl sites for hydroxylation is 1. The molecule has 2 heteroatoms. The largest absolute Gasteiger partial charge is 0.326 e. The highest BCUT2D eigenvalue weighted by molar-refractivity contribution is 5.92. The summed E-state index contributed by atoms with van der Waals surface area (Å²) in [5, 5.41) is 2.99. The number of hydrogen-bond acceptors (Lipinski definition) is 1. The van der Waals surface area contributed by atoms with Crippen molar-refractivity contribution >= 4 is 11.6 Å². The minimum Gasteiger partial charge on any atom is -0.326 e. The summed E-state index contributed by atoms with van der Waals surface area (Å²) in [4.78, 5) is 12.0. The molecule has 1 aromatic carbocycles. The summed E-state index contributed by atoms with van der Waals surface area (Å²) >= 11 is 0. The van der Waals surface area contributed by atoms with Crippen molar-refractivity contribution in [3.05, 3.63) is 42.0 Å². The third-order valence-electron chi connectivity index (χ3n) is 3.27. The van der Waals surface area contributed by atoms with Crippen molar-refractivity contribution in [3.8, 4) is 0 Å². The Morgan fingerprint density at radius 1 is 1.29 bits per heavy atom. The van der Waals surface area contributed by atoms with E-state index in [1.165, 1.54) is 5.56 Å². The van der Waals surface area contributed by atoms with Gasteiger partial charge in [0.1, 0.15) is 0 Å². The minimum atomic E-state index is 0.144. The van der Waals surface area contributed by atoms with Crippen LogP contribution in [0.15, 0.2) is 36.4 Å². The maximum absolute atomic E-state index is 12.0. The van der Waals surface area contributed by atoms with Gasteiger partial charge in [-0.2, -0.15) is 0 Å². The summed E-state index contributed by atoms with van der Waals surface area (Å²) in [5.74, 6) is 0.296. The Morgan fingerprint density at radius 3 is 2.65 bits per heavy atom. The molecule has 0 spiro atoms. The van der Waals surface area contributed by atoms with E-state index in [-0.39, 0.29) is 11.8 Å². The predicted molar refractivity (Wildman–Crippen MR) is 70.9 cm³/mol. The Balaban J connectivity index is 1.95. The Morgan fingerprint density at radius 2 is 2.06 bits per heavy atom. The van der Waals surface area contributed by atoms with E-state index >= 15 is 0 Å².